The molecule has 0 aromatic heterocycles. The maximum absolute atomic E-state index is 12.4. The van der Waals surface area contributed by atoms with Crippen LogP contribution in [-0.2, 0) is 9.59 Å². The van der Waals surface area contributed by atoms with E-state index in [0.717, 1.165) is 32.2 Å². The van der Waals surface area contributed by atoms with E-state index in [1.54, 1.807) is 0 Å². The molecule has 0 aromatic carbocycles. The number of carboxylic acids is 1. The van der Waals surface area contributed by atoms with Crippen molar-refractivity contribution < 1.29 is 14.7 Å². The third kappa shape index (κ3) is 29.5. The molecule has 37 heavy (non-hydrogen) atoms. The Labute approximate surface area is 231 Å². The Morgan fingerprint density at radius 1 is 0.459 bits per heavy atom. The number of hydrogen-bond donors (Lipinski definition) is 1. The molecule has 4 heteroatoms. The summed E-state index contributed by atoms with van der Waals surface area (Å²) >= 11 is 0. The number of aliphatic carboxylic acids is 1. The molecular formula is C33H65NO3. The van der Waals surface area contributed by atoms with Crippen LogP contribution in [-0.4, -0.2) is 41.4 Å². The Kier molecular flexibility index (Phi) is 28.9. The van der Waals surface area contributed by atoms with Crippen molar-refractivity contribution in [1.82, 2.24) is 4.90 Å². The lowest BCUT2D eigenvalue weighted by molar-refractivity contribution is -0.138. The minimum atomic E-state index is -0.827. The fourth-order valence-corrected chi connectivity index (χ4v) is 5.25. The van der Waals surface area contributed by atoms with Crippen LogP contribution >= 0.6 is 0 Å². The number of carboxylic acid groups (broad SMARTS) is 1. The number of hydrogen-bond acceptors (Lipinski definition) is 3. The SMILES string of the molecule is CCCCCCCCCCCCCCCCCC(=O)CN(CCCCCCCCCCCC)CC(=O)O. The molecule has 0 aliphatic heterocycles. The molecular weight excluding hydrogens is 458 g/mol. The standard InChI is InChI=1S/C33H65NO3/c1-3-5-7-9-11-13-15-16-17-18-19-20-22-24-26-28-32(35)30-34(31-33(36)37)29-27-25-23-21-14-12-10-8-6-4-2/h3-31H2,1-2H3,(H,36,37). The van der Waals surface area contributed by atoms with Crippen molar-refractivity contribution in [3.8, 4) is 0 Å². The lowest BCUT2D eigenvalue weighted by atomic mass is 10.0. The Morgan fingerprint density at radius 3 is 1.14 bits per heavy atom. The smallest absolute Gasteiger partial charge is 0.317 e. The van der Waals surface area contributed by atoms with Gasteiger partial charge in [0, 0.05) is 6.42 Å². The van der Waals surface area contributed by atoms with Crippen LogP contribution in [0.25, 0.3) is 0 Å². The Hall–Kier alpha value is -0.900. The van der Waals surface area contributed by atoms with Gasteiger partial charge in [-0.15, -0.1) is 0 Å². The number of nitrogens with zero attached hydrogens (tertiary/aromatic N) is 1. The van der Waals surface area contributed by atoms with Crippen LogP contribution in [0.5, 0.6) is 0 Å². The minimum Gasteiger partial charge on any atom is -0.480 e. The first-order chi connectivity index (χ1) is 18.1. The molecule has 0 rings (SSSR count). The molecule has 0 fully saturated rings. The highest BCUT2D eigenvalue weighted by atomic mass is 16.4. The first kappa shape index (κ1) is 36.1. The van der Waals surface area contributed by atoms with Gasteiger partial charge in [-0.2, -0.15) is 0 Å². The fourth-order valence-electron chi connectivity index (χ4n) is 5.25. The lowest BCUT2D eigenvalue weighted by Gasteiger charge is -2.19. The van der Waals surface area contributed by atoms with Crippen LogP contribution in [0.4, 0.5) is 0 Å². The zero-order valence-corrected chi connectivity index (χ0v) is 25.2. The summed E-state index contributed by atoms with van der Waals surface area (Å²) in [5.74, 6) is -0.616. The van der Waals surface area contributed by atoms with Gasteiger partial charge in [-0.25, -0.2) is 0 Å². The fraction of sp³-hybridized carbons (Fsp3) is 0.939. The number of unbranched alkanes of at least 4 members (excludes halogenated alkanes) is 23. The van der Waals surface area contributed by atoms with E-state index in [0.29, 0.717) is 13.0 Å². The number of rotatable bonds is 31. The highest BCUT2D eigenvalue weighted by Crippen LogP contribution is 2.14. The van der Waals surface area contributed by atoms with Crippen molar-refractivity contribution in [1.29, 1.82) is 0 Å². The summed E-state index contributed by atoms with van der Waals surface area (Å²) in [4.78, 5) is 25.5. The summed E-state index contributed by atoms with van der Waals surface area (Å²) in [7, 11) is 0. The molecule has 0 aliphatic rings. The van der Waals surface area contributed by atoms with Gasteiger partial charge in [-0.1, -0.05) is 162 Å². The van der Waals surface area contributed by atoms with Gasteiger partial charge >= 0.3 is 5.97 Å². The van der Waals surface area contributed by atoms with Gasteiger partial charge in [0.15, 0.2) is 0 Å². The lowest BCUT2D eigenvalue weighted by Crippen LogP contribution is -2.35. The normalized spacial score (nSPS) is 11.4. The molecule has 0 bridgehead atoms. The van der Waals surface area contributed by atoms with Crippen molar-refractivity contribution in [2.75, 3.05) is 19.6 Å². The Bertz CT molecular complexity index is 494. The molecule has 4 nitrogen and oxygen atoms in total. The van der Waals surface area contributed by atoms with Gasteiger partial charge in [0.25, 0.3) is 0 Å². The predicted molar refractivity (Wildman–Crippen MR) is 160 cm³/mol. The number of carbonyl (C=O) groups excluding carboxylic acids is 1. The van der Waals surface area contributed by atoms with E-state index in [1.165, 1.54) is 135 Å². The van der Waals surface area contributed by atoms with Crippen LogP contribution in [0.3, 0.4) is 0 Å². The second-order valence-corrected chi connectivity index (χ2v) is 11.5. The van der Waals surface area contributed by atoms with E-state index in [4.69, 9.17) is 0 Å². The minimum absolute atomic E-state index is 0.0119. The zero-order valence-electron chi connectivity index (χ0n) is 25.2. The van der Waals surface area contributed by atoms with Crippen molar-refractivity contribution in [3.05, 3.63) is 0 Å². The first-order valence-electron chi connectivity index (χ1n) is 16.6. The third-order valence-electron chi connectivity index (χ3n) is 7.65. The van der Waals surface area contributed by atoms with E-state index >= 15 is 0 Å². The van der Waals surface area contributed by atoms with E-state index < -0.39 is 5.97 Å². The van der Waals surface area contributed by atoms with Crippen LogP contribution in [0.2, 0.25) is 0 Å². The van der Waals surface area contributed by atoms with E-state index in [9.17, 15) is 14.7 Å². The molecule has 0 saturated heterocycles. The second kappa shape index (κ2) is 29.7. The van der Waals surface area contributed by atoms with E-state index in [-0.39, 0.29) is 12.3 Å². The predicted octanol–water partition coefficient (Wildman–Crippen LogP) is 10.1. The van der Waals surface area contributed by atoms with Crippen LogP contribution in [0.15, 0.2) is 0 Å². The molecule has 0 saturated carbocycles. The van der Waals surface area contributed by atoms with Gasteiger partial charge in [0.1, 0.15) is 5.78 Å². The molecule has 0 spiro atoms. The average molecular weight is 524 g/mol. The van der Waals surface area contributed by atoms with Crippen LogP contribution < -0.4 is 0 Å². The molecule has 1 N–H and O–H groups in total. The Morgan fingerprint density at radius 2 is 0.784 bits per heavy atom. The molecule has 0 aromatic rings. The van der Waals surface area contributed by atoms with Gasteiger partial charge in [-0.3, -0.25) is 14.5 Å². The molecule has 0 unspecified atom stereocenters. The van der Waals surface area contributed by atoms with Gasteiger partial charge in [0.2, 0.25) is 0 Å². The van der Waals surface area contributed by atoms with Crippen molar-refractivity contribution in [3.63, 3.8) is 0 Å². The summed E-state index contributed by atoms with van der Waals surface area (Å²) in [6, 6.07) is 0. The summed E-state index contributed by atoms with van der Waals surface area (Å²) in [5.41, 5.74) is 0. The largest absolute Gasteiger partial charge is 0.480 e. The molecule has 0 amide bonds. The zero-order chi connectivity index (χ0) is 27.2. The molecule has 0 radical (unpaired) electrons. The van der Waals surface area contributed by atoms with Gasteiger partial charge in [-0.05, 0) is 19.4 Å². The molecule has 220 valence electrons. The van der Waals surface area contributed by atoms with E-state index in [2.05, 4.69) is 13.8 Å². The third-order valence-corrected chi connectivity index (χ3v) is 7.65. The van der Waals surface area contributed by atoms with Crippen molar-refractivity contribution >= 4 is 11.8 Å². The monoisotopic (exact) mass is 523 g/mol. The number of Topliss-reactive ketones (excluding diaryl/α,β-unsaturated/α-hetero) is 1. The summed E-state index contributed by atoms with van der Waals surface area (Å²) in [6.45, 7) is 5.55. The van der Waals surface area contributed by atoms with Crippen molar-refractivity contribution in [2.45, 2.75) is 181 Å². The highest BCUT2D eigenvalue weighted by Gasteiger charge is 2.13. The van der Waals surface area contributed by atoms with Crippen LogP contribution in [0, 0.1) is 0 Å². The Balaban J connectivity index is 3.62. The maximum Gasteiger partial charge on any atom is 0.317 e. The number of ketones is 1. The van der Waals surface area contributed by atoms with Crippen molar-refractivity contribution in [2.24, 2.45) is 0 Å². The van der Waals surface area contributed by atoms with E-state index in [1.807, 2.05) is 4.90 Å². The number of carbonyl (C=O) groups is 2. The summed E-state index contributed by atoms with van der Waals surface area (Å²) in [6.07, 6.45) is 33.2. The maximum atomic E-state index is 12.4. The summed E-state index contributed by atoms with van der Waals surface area (Å²) in [5, 5.41) is 9.22. The summed E-state index contributed by atoms with van der Waals surface area (Å²) < 4.78 is 0. The quantitative estimate of drug-likeness (QED) is 0.0918. The second-order valence-electron chi connectivity index (χ2n) is 11.5. The van der Waals surface area contributed by atoms with Gasteiger partial charge in [0.05, 0.1) is 13.1 Å². The highest BCUT2D eigenvalue weighted by molar-refractivity contribution is 5.81. The topological polar surface area (TPSA) is 57.6 Å². The molecule has 0 heterocycles. The molecule has 0 atom stereocenters. The first-order valence-corrected chi connectivity index (χ1v) is 16.6. The average Bonchev–Trinajstić information content (AvgIpc) is 2.87. The van der Waals surface area contributed by atoms with Crippen LogP contribution in [0.1, 0.15) is 181 Å². The van der Waals surface area contributed by atoms with Gasteiger partial charge < -0.3 is 5.11 Å². The molecule has 0 aliphatic carbocycles.